The van der Waals surface area contributed by atoms with E-state index in [1.807, 2.05) is 0 Å². The minimum absolute atomic E-state index is 0.137. The summed E-state index contributed by atoms with van der Waals surface area (Å²) in [5.74, 6) is -0.579. The molecule has 1 rings (SSSR count). The van der Waals surface area contributed by atoms with E-state index >= 15 is 0 Å². The van der Waals surface area contributed by atoms with Gasteiger partial charge in [-0.15, -0.1) is 0 Å². The van der Waals surface area contributed by atoms with Gasteiger partial charge in [-0.1, -0.05) is 0 Å². The second-order valence-corrected chi connectivity index (χ2v) is 6.59. The van der Waals surface area contributed by atoms with Crippen molar-refractivity contribution in [3.63, 3.8) is 0 Å². The van der Waals surface area contributed by atoms with Gasteiger partial charge >= 0.3 is 5.97 Å². The van der Waals surface area contributed by atoms with Gasteiger partial charge in [-0.05, 0) is 47.5 Å². The molecule has 0 aromatic heterocycles. The molecule has 94 valence electrons. The van der Waals surface area contributed by atoms with Crippen molar-refractivity contribution < 1.29 is 17.9 Å². The lowest BCUT2D eigenvalue weighted by atomic mass is 10.1. The lowest BCUT2D eigenvalue weighted by molar-refractivity contribution is 0.0526. The quantitative estimate of drug-likeness (QED) is 0.626. The lowest BCUT2D eigenvalue weighted by Gasteiger charge is -2.08. The molecule has 0 aliphatic rings. The van der Waals surface area contributed by atoms with E-state index in [1.165, 1.54) is 12.1 Å². The molecular formula is C10H10BrClO4S. The van der Waals surface area contributed by atoms with Gasteiger partial charge in [0.05, 0.1) is 17.1 Å². The van der Waals surface area contributed by atoms with E-state index in [-0.39, 0.29) is 17.1 Å². The molecule has 0 atom stereocenters. The van der Waals surface area contributed by atoms with Gasteiger partial charge in [0.2, 0.25) is 0 Å². The Kier molecular flexibility index (Phi) is 4.57. The van der Waals surface area contributed by atoms with E-state index in [0.717, 1.165) is 0 Å². The maximum atomic E-state index is 11.5. The van der Waals surface area contributed by atoms with E-state index in [4.69, 9.17) is 15.4 Å². The van der Waals surface area contributed by atoms with Crippen LogP contribution < -0.4 is 0 Å². The van der Waals surface area contributed by atoms with Gasteiger partial charge in [-0.25, -0.2) is 13.2 Å². The first-order valence-electron chi connectivity index (χ1n) is 4.69. The molecule has 0 spiro atoms. The van der Waals surface area contributed by atoms with Crippen molar-refractivity contribution in [2.75, 3.05) is 6.61 Å². The summed E-state index contributed by atoms with van der Waals surface area (Å²) in [7, 11) is 1.37. The van der Waals surface area contributed by atoms with Crippen LogP contribution in [-0.4, -0.2) is 21.0 Å². The van der Waals surface area contributed by atoms with Crippen molar-refractivity contribution in [2.24, 2.45) is 0 Å². The maximum Gasteiger partial charge on any atom is 0.338 e. The highest BCUT2D eigenvalue weighted by atomic mass is 79.9. The first-order chi connectivity index (χ1) is 7.77. The minimum Gasteiger partial charge on any atom is -0.462 e. The second-order valence-electron chi connectivity index (χ2n) is 3.26. The summed E-state index contributed by atoms with van der Waals surface area (Å²) >= 11 is 3.12. The first kappa shape index (κ1) is 14.5. The molecule has 0 saturated heterocycles. The normalized spacial score (nSPS) is 11.3. The zero-order valence-electron chi connectivity index (χ0n) is 9.16. The Bertz CT molecular complexity index is 554. The Morgan fingerprint density at radius 2 is 2.06 bits per heavy atom. The van der Waals surface area contributed by atoms with Crippen LogP contribution in [0.1, 0.15) is 22.8 Å². The fourth-order valence-corrected chi connectivity index (χ4v) is 3.40. The molecule has 0 saturated carbocycles. The predicted molar refractivity (Wildman–Crippen MR) is 67.9 cm³/mol. The number of carbonyl (C=O) groups is 1. The van der Waals surface area contributed by atoms with E-state index in [0.29, 0.717) is 10.0 Å². The number of benzene rings is 1. The topological polar surface area (TPSA) is 60.4 Å². The molecule has 7 heteroatoms. The first-order valence-corrected chi connectivity index (χ1v) is 7.79. The van der Waals surface area contributed by atoms with Crippen molar-refractivity contribution in [3.05, 3.63) is 27.7 Å². The number of hydrogen-bond donors (Lipinski definition) is 0. The average Bonchev–Trinajstić information content (AvgIpc) is 2.20. The molecule has 1 aromatic carbocycles. The third-order valence-electron chi connectivity index (χ3n) is 1.99. The number of carbonyl (C=O) groups excluding carboxylic acids is 1. The molecule has 0 fully saturated rings. The number of esters is 1. The molecule has 17 heavy (non-hydrogen) atoms. The van der Waals surface area contributed by atoms with Crippen molar-refractivity contribution >= 4 is 41.6 Å². The van der Waals surface area contributed by atoms with Crippen LogP contribution in [0.5, 0.6) is 0 Å². The monoisotopic (exact) mass is 340 g/mol. The van der Waals surface area contributed by atoms with Gasteiger partial charge in [-0.2, -0.15) is 0 Å². The number of hydrogen-bond acceptors (Lipinski definition) is 4. The molecule has 1 aromatic rings. The van der Waals surface area contributed by atoms with Gasteiger partial charge in [-0.3, -0.25) is 0 Å². The molecule has 0 unspecified atom stereocenters. The lowest BCUT2D eigenvalue weighted by Crippen LogP contribution is -2.07. The van der Waals surface area contributed by atoms with Gasteiger partial charge in [0, 0.05) is 15.2 Å². The highest BCUT2D eigenvalue weighted by molar-refractivity contribution is 9.10. The molecule has 0 bridgehead atoms. The van der Waals surface area contributed by atoms with Gasteiger partial charge in [0.25, 0.3) is 9.05 Å². The fraction of sp³-hybridized carbons (Fsp3) is 0.300. The van der Waals surface area contributed by atoms with Crippen LogP contribution in [0.15, 0.2) is 21.5 Å². The van der Waals surface area contributed by atoms with Crippen LogP contribution >= 0.6 is 26.6 Å². The van der Waals surface area contributed by atoms with Crippen molar-refractivity contribution in [1.29, 1.82) is 0 Å². The smallest absolute Gasteiger partial charge is 0.338 e. The summed E-state index contributed by atoms with van der Waals surface area (Å²) < 4.78 is 27.8. The molecule has 0 heterocycles. The van der Waals surface area contributed by atoms with Crippen LogP contribution in [0, 0.1) is 6.92 Å². The molecule has 0 radical (unpaired) electrons. The fourth-order valence-electron chi connectivity index (χ4n) is 1.25. The van der Waals surface area contributed by atoms with Crippen molar-refractivity contribution in [1.82, 2.24) is 0 Å². The minimum atomic E-state index is -3.91. The van der Waals surface area contributed by atoms with Crippen LogP contribution in [0.3, 0.4) is 0 Å². The second kappa shape index (κ2) is 5.37. The van der Waals surface area contributed by atoms with Gasteiger partial charge in [0.15, 0.2) is 0 Å². The highest BCUT2D eigenvalue weighted by Crippen LogP contribution is 2.29. The summed E-state index contributed by atoms with van der Waals surface area (Å²) in [6, 6.07) is 2.73. The molecule has 0 amide bonds. The SMILES string of the molecule is CCOC(=O)c1cc(C)c(Br)c(S(=O)(=O)Cl)c1. The Hall–Kier alpha value is -0.590. The zero-order valence-corrected chi connectivity index (χ0v) is 12.3. The summed E-state index contributed by atoms with van der Waals surface area (Å²) in [4.78, 5) is 11.4. The molecular weight excluding hydrogens is 332 g/mol. The maximum absolute atomic E-state index is 11.5. The Morgan fingerprint density at radius 1 is 1.47 bits per heavy atom. The van der Waals surface area contributed by atoms with E-state index in [9.17, 15) is 13.2 Å². The number of ether oxygens (including phenoxy) is 1. The summed E-state index contributed by atoms with van der Waals surface area (Å²) in [6.07, 6.45) is 0. The van der Waals surface area contributed by atoms with E-state index in [1.54, 1.807) is 13.8 Å². The van der Waals surface area contributed by atoms with Crippen LogP contribution in [0.4, 0.5) is 0 Å². The standard InChI is InChI=1S/C10H10BrClO4S/c1-3-16-10(13)7-4-6(2)9(11)8(5-7)17(12,14)15/h4-5H,3H2,1-2H3. The zero-order chi connectivity index (χ0) is 13.2. The Morgan fingerprint density at radius 3 is 2.53 bits per heavy atom. The molecule has 0 aliphatic carbocycles. The van der Waals surface area contributed by atoms with Gasteiger partial charge in [0.1, 0.15) is 0 Å². The van der Waals surface area contributed by atoms with Crippen LogP contribution in [0.25, 0.3) is 0 Å². The number of rotatable bonds is 3. The predicted octanol–water partition coefficient (Wildman–Crippen LogP) is 2.86. The molecule has 0 aliphatic heterocycles. The van der Waals surface area contributed by atoms with Crippen molar-refractivity contribution in [3.8, 4) is 0 Å². The van der Waals surface area contributed by atoms with Crippen molar-refractivity contribution in [2.45, 2.75) is 18.7 Å². The van der Waals surface area contributed by atoms with Crippen LogP contribution in [0.2, 0.25) is 0 Å². The average molecular weight is 342 g/mol. The summed E-state index contributed by atoms with van der Waals surface area (Å²) in [5, 5.41) is 0. The molecule has 4 nitrogen and oxygen atoms in total. The highest BCUT2D eigenvalue weighted by Gasteiger charge is 2.20. The van der Waals surface area contributed by atoms with Gasteiger partial charge < -0.3 is 4.74 Å². The molecule has 0 N–H and O–H groups in total. The summed E-state index contributed by atoms with van der Waals surface area (Å²) in [6.45, 7) is 3.55. The third kappa shape index (κ3) is 3.43. The van der Waals surface area contributed by atoms with E-state index in [2.05, 4.69) is 15.9 Å². The number of aryl methyl sites for hydroxylation is 1. The van der Waals surface area contributed by atoms with Crippen LogP contribution in [-0.2, 0) is 13.8 Å². The Labute approximate surface area is 112 Å². The van der Waals surface area contributed by atoms with E-state index < -0.39 is 15.0 Å². The number of halogens is 2. The largest absolute Gasteiger partial charge is 0.462 e. The summed E-state index contributed by atoms with van der Waals surface area (Å²) in [5.41, 5.74) is 0.751. The Balaban J connectivity index is 3.39. The third-order valence-corrected chi connectivity index (χ3v) is 4.66.